The molecule has 0 N–H and O–H groups in total. The fourth-order valence-corrected chi connectivity index (χ4v) is 3.29. The second kappa shape index (κ2) is 12.9. The number of nitrogens with zero attached hydrogens (tertiary/aromatic N) is 8. The van der Waals surface area contributed by atoms with Crippen molar-refractivity contribution in [2.45, 2.75) is 0 Å². The topological polar surface area (TPSA) is 25.9 Å². The van der Waals surface area contributed by atoms with E-state index in [1.165, 1.54) is 0 Å². The first-order chi connectivity index (χ1) is 11.5. The third kappa shape index (κ3) is 14.5. The zero-order valence-electron chi connectivity index (χ0n) is 18.5. The van der Waals surface area contributed by atoms with E-state index in [-0.39, 0.29) is 0 Å². The Balaban J connectivity index is 4.05. The predicted molar refractivity (Wildman–Crippen MR) is 108 cm³/mol. The van der Waals surface area contributed by atoms with Crippen molar-refractivity contribution in [3.8, 4) is 0 Å². The molecule has 8 heteroatoms. The van der Waals surface area contributed by atoms with Gasteiger partial charge in [-0.3, -0.25) is 39.2 Å². The molecular formula is C17H44N8. The maximum atomic E-state index is 2.35. The minimum Gasteiger partial charge on any atom is -0.297 e. The van der Waals surface area contributed by atoms with Gasteiger partial charge in [0.05, 0.1) is 46.7 Å². The second-order valence-corrected chi connectivity index (χ2v) is 8.29. The van der Waals surface area contributed by atoms with Crippen LogP contribution in [0.4, 0.5) is 0 Å². The number of hydrogen-bond acceptors (Lipinski definition) is 8. The first-order valence-corrected chi connectivity index (χ1v) is 8.90. The molecule has 0 aromatic carbocycles. The van der Waals surface area contributed by atoms with Crippen LogP contribution in [0.5, 0.6) is 0 Å². The highest BCUT2D eigenvalue weighted by molar-refractivity contribution is 4.57. The van der Waals surface area contributed by atoms with Crippen LogP contribution in [-0.4, -0.2) is 156 Å². The van der Waals surface area contributed by atoms with E-state index in [0.717, 1.165) is 46.7 Å². The third-order valence-corrected chi connectivity index (χ3v) is 3.46. The molecule has 0 aliphatic heterocycles. The highest BCUT2D eigenvalue weighted by Gasteiger charge is 2.11. The lowest BCUT2D eigenvalue weighted by Gasteiger charge is -2.33. The lowest BCUT2D eigenvalue weighted by atomic mass is 10.6. The van der Waals surface area contributed by atoms with Gasteiger partial charge in [-0.25, -0.2) is 0 Å². The van der Waals surface area contributed by atoms with Gasteiger partial charge >= 0.3 is 0 Å². The predicted octanol–water partition coefficient (Wildman–Crippen LogP) is -0.597. The average molecular weight is 361 g/mol. The Kier molecular flexibility index (Phi) is 12.8. The minimum atomic E-state index is 0.948. The van der Waals surface area contributed by atoms with Crippen molar-refractivity contribution in [1.29, 1.82) is 0 Å². The summed E-state index contributed by atoms with van der Waals surface area (Å²) in [6.07, 6.45) is 0. The molecule has 25 heavy (non-hydrogen) atoms. The van der Waals surface area contributed by atoms with E-state index in [1.54, 1.807) is 0 Å². The Bertz CT molecular complexity index is 296. The van der Waals surface area contributed by atoms with Gasteiger partial charge in [-0.15, -0.1) is 0 Å². The van der Waals surface area contributed by atoms with Crippen LogP contribution >= 0.6 is 0 Å². The zero-order valence-corrected chi connectivity index (χ0v) is 18.5. The average Bonchev–Trinajstić information content (AvgIpc) is 2.34. The van der Waals surface area contributed by atoms with Crippen LogP contribution in [0.15, 0.2) is 0 Å². The summed E-state index contributed by atoms with van der Waals surface area (Å²) in [7, 11) is 21.4. The maximum absolute atomic E-state index is 2.35. The summed E-state index contributed by atoms with van der Waals surface area (Å²) in [5, 5.41) is 0. The van der Waals surface area contributed by atoms with E-state index in [9.17, 15) is 0 Å². The third-order valence-electron chi connectivity index (χ3n) is 3.46. The first-order valence-electron chi connectivity index (χ1n) is 8.90. The van der Waals surface area contributed by atoms with Gasteiger partial charge in [-0.2, -0.15) is 0 Å². The largest absolute Gasteiger partial charge is 0.297 e. The van der Waals surface area contributed by atoms with Crippen molar-refractivity contribution in [1.82, 2.24) is 39.2 Å². The van der Waals surface area contributed by atoms with Crippen molar-refractivity contribution in [2.75, 3.05) is 117 Å². The molecule has 0 rings (SSSR count). The molecule has 0 spiro atoms. The van der Waals surface area contributed by atoms with Crippen LogP contribution in [0, 0.1) is 0 Å². The van der Waals surface area contributed by atoms with Crippen LogP contribution in [0.25, 0.3) is 0 Å². The molecule has 0 amide bonds. The van der Waals surface area contributed by atoms with Gasteiger partial charge in [0.1, 0.15) is 0 Å². The molecule has 8 nitrogen and oxygen atoms in total. The summed E-state index contributed by atoms with van der Waals surface area (Å²) < 4.78 is 0. The molecule has 0 heterocycles. The zero-order chi connectivity index (χ0) is 19.6. The number of hydrogen-bond donors (Lipinski definition) is 0. The normalized spacial score (nSPS) is 13.2. The molecular weight excluding hydrogens is 316 g/mol. The van der Waals surface area contributed by atoms with E-state index >= 15 is 0 Å². The van der Waals surface area contributed by atoms with Gasteiger partial charge in [-0.1, -0.05) is 0 Å². The summed E-state index contributed by atoms with van der Waals surface area (Å²) in [5.74, 6) is 0. The van der Waals surface area contributed by atoms with Crippen molar-refractivity contribution in [3.05, 3.63) is 0 Å². The van der Waals surface area contributed by atoms with Crippen LogP contribution in [-0.2, 0) is 0 Å². The van der Waals surface area contributed by atoms with Gasteiger partial charge in [-0.05, 0) is 70.5 Å². The molecule has 0 fully saturated rings. The highest BCUT2D eigenvalue weighted by atomic mass is 15.4. The molecule has 0 bridgehead atoms. The van der Waals surface area contributed by atoms with E-state index in [2.05, 4.69) is 110 Å². The smallest absolute Gasteiger partial charge is 0.0523 e. The van der Waals surface area contributed by atoms with Gasteiger partial charge in [0, 0.05) is 0 Å². The summed E-state index contributed by atoms with van der Waals surface area (Å²) in [4.78, 5) is 18.4. The lowest BCUT2D eigenvalue weighted by Crippen LogP contribution is -2.47. The fourth-order valence-electron chi connectivity index (χ4n) is 3.29. The van der Waals surface area contributed by atoms with Gasteiger partial charge in [0.15, 0.2) is 0 Å². The molecule has 0 aliphatic carbocycles. The second-order valence-electron chi connectivity index (χ2n) is 8.29. The monoisotopic (exact) mass is 360 g/mol. The van der Waals surface area contributed by atoms with Gasteiger partial charge in [0.2, 0.25) is 0 Å². The molecule has 0 aromatic heterocycles. The van der Waals surface area contributed by atoms with Crippen molar-refractivity contribution in [3.63, 3.8) is 0 Å². The van der Waals surface area contributed by atoms with Crippen molar-refractivity contribution < 1.29 is 0 Å². The molecule has 0 aromatic rings. The van der Waals surface area contributed by atoms with E-state index in [0.29, 0.717) is 0 Å². The Morgan fingerprint density at radius 2 is 0.440 bits per heavy atom. The SMILES string of the molecule is CN(C)CN(C)CN(C)CN(C)CN(C)CN(C)CN(C)CN(C)C. The van der Waals surface area contributed by atoms with E-state index in [1.807, 2.05) is 0 Å². The maximum Gasteiger partial charge on any atom is 0.0523 e. The van der Waals surface area contributed by atoms with Gasteiger partial charge < -0.3 is 0 Å². The summed E-state index contributed by atoms with van der Waals surface area (Å²) in [5.41, 5.74) is 0. The lowest BCUT2D eigenvalue weighted by molar-refractivity contribution is 0.0415. The van der Waals surface area contributed by atoms with Crippen molar-refractivity contribution >= 4 is 0 Å². The molecule has 0 atom stereocenters. The van der Waals surface area contributed by atoms with E-state index < -0.39 is 0 Å². The van der Waals surface area contributed by atoms with Crippen LogP contribution in [0.3, 0.4) is 0 Å². The van der Waals surface area contributed by atoms with Crippen molar-refractivity contribution in [2.24, 2.45) is 0 Å². The number of rotatable bonds is 14. The summed E-state index contributed by atoms with van der Waals surface area (Å²) in [6.45, 7) is 6.71. The highest BCUT2D eigenvalue weighted by Crippen LogP contribution is 1.97. The Labute approximate surface area is 157 Å². The molecule has 152 valence electrons. The Morgan fingerprint density at radius 3 is 0.600 bits per heavy atom. The van der Waals surface area contributed by atoms with E-state index in [4.69, 9.17) is 0 Å². The molecule has 0 saturated carbocycles. The molecule has 0 radical (unpaired) electrons. The van der Waals surface area contributed by atoms with Crippen LogP contribution in [0.1, 0.15) is 0 Å². The Morgan fingerprint density at radius 1 is 0.280 bits per heavy atom. The quantitative estimate of drug-likeness (QED) is 0.379. The first kappa shape index (κ1) is 24.7. The Hall–Kier alpha value is -0.320. The summed E-state index contributed by atoms with van der Waals surface area (Å²) in [6, 6.07) is 0. The molecule has 0 aliphatic rings. The fraction of sp³-hybridized carbons (Fsp3) is 1.00. The summed E-state index contributed by atoms with van der Waals surface area (Å²) >= 11 is 0. The standard InChI is InChI=1S/C17H44N8/c1-18(2)11-20(5)13-22(7)15-24(9)17-25(10)16-23(8)14-21(6)12-19(3)4/h11-17H2,1-10H3. The van der Waals surface area contributed by atoms with Crippen LogP contribution in [0.2, 0.25) is 0 Å². The molecule has 0 saturated heterocycles. The van der Waals surface area contributed by atoms with Gasteiger partial charge in [0.25, 0.3) is 0 Å². The molecule has 0 unspecified atom stereocenters. The minimum absolute atomic E-state index is 0.948. The van der Waals surface area contributed by atoms with Crippen LogP contribution < -0.4 is 0 Å².